The highest BCUT2D eigenvalue weighted by Crippen LogP contribution is 2.32. The molecule has 0 heterocycles. The van der Waals surface area contributed by atoms with Crippen molar-refractivity contribution in [2.45, 2.75) is 24.8 Å². The molecule has 0 aliphatic rings. The Labute approximate surface area is 154 Å². The first-order chi connectivity index (χ1) is 12.9. The summed E-state index contributed by atoms with van der Waals surface area (Å²) in [5.74, 6) is -2.78. The van der Waals surface area contributed by atoms with Crippen LogP contribution < -0.4 is 5.32 Å². The molecule has 28 heavy (non-hydrogen) atoms. The summed E-state index contributed by atoms with van der Waals surface area (Å²) in [6, 6.07) is 5.72. The fraction of sp³-hybridized carbons (Fsp3) is 0.222. The molecule has 4 nitrogen and oxygen atoms in total. The van der Waals surface area contributed by atoms with E-state index in [0.717, 1.165) is 36.4 Å². The molecule has 0 aliphatic heterocycles. The molecule has 0 saturated heterocycles. The number of benzene rings is 2. The number of amides is 1. The number of carbonyl (C=O) groups excluding carboxylic acids is 1. The molecule has 2 aromatic carbocycles. The van der Waals surface area contributed by atoms with Crippen LogP contribution in [-0.4, -0.2) is 23.0 Å². The van der Waals surface area contributed by atoms with Crippen molar-refractivity contribution in [1.29, 1.82) is 0 Å². The largest absolute Gasteiger partial charge is 0.480 e. The molecule has 0 unspecified atom stereocenters. The molecule has 0 aromatic heterocycles. The van der Waals surface area contributed by atoms with Crippen LogP contribution in [0, 0.1) is 0 Å². The van der Waals surface area contributed by atoms with E-state index in [2.05, 4.69) is 0 Å². The quantitative estimate of drug-likeness (QED) is 0.735. The van der Waals surface area contributed by atoms with Crippen molar-refractivity contribution in [3.63, 3.8) is 0 Å². The van der Waals surface area contributed by atoms with Gasteiger partial charge in [-0.2, -0.15) is 26.3 Å². The number of rotatable bonds is 5. The van der Waals surface area contributed by atoms with Gasteiger partial charge >= 0.3 is 18.3 Å². The second kappa shape index (κ2) is 7.91. The number of carboxylic acids is 1. The van der Waals surface area contributed by atoms with Crippen LogP contribution in [0.1, 0.15) is 27.0 Å². The molecule has 0 fully saturated rings. The highest BCUT2D eigenvalue weighted by atomic mass is 19.4. The van der Waals surface area contributed by atoms with Crippen molar-refractivity contribution in [2.75, 3.05) is 0 Å². The van der Waals surface area contributed by atoms with E-state index in [0.29, 0.717) is 6.07 Å². The van der Waals surface area contributed by atoms with Gasteiger partial charge in [0.25, 0.3) is 5.91 Å². The fourth-order valence-electron chi connectivity index (χ4n) is 2.47. The minimum Gasteiger partial charge on any atom is -0.480 e. The zero-order valence-electron chi connectivity index (χ0n) is 13.9. The van der Waals surface area contributed by atoms with E-state index in [-0.39, 0.29) is 5.56 Å². The van der Waals surface area contributed by atoms with Gasteiger partial charge in [0.1, 0.15) is 6.04 Å². The van der Waals surface area contributed by atoms with Crippen LogP contribution in [-0.2, 0) is 23.6 Å². The lowest BCUT2D eigenvalue weighted by molar-refractivity contribution is -0.141. The van der Waals surface area contributed by atoms with E-state index < -0.39 is 53.4 Å². The Morgan fingerprint density at radius 2 is 1.57 bits per heavy atom. The molecule has 10 heteroatoms. The monoisotopic (exact) mass is 405 g/mol. The van der Waals surface area contributed by atoms with Gasteiger partial charge in [-0.05, 0) is 29.8 Å². The van der Waals surface area contributed by atoms with Crippen molar-refractivity contribution in [2.24, 2.45) is 0 Å². The van der Waals surface area contributed by atoms with E-state index in [1.165, 1.54) is 6.07 Å². The van der Waals surface area contributed by atoms with E-state index in [1.807, 2.05) is 5.32 Å². The predicted octanol–water partition coefficient (Wildman–Crippen LogP) is 4.15. The third-order valence-electron chi connectivity index (χ3n) is 3.80. The van der Waals surface area contributed by atoms with Gasteiger partial charge in [-0.25, -0.2) is 4.79 Å². The predicted molar refractivity (Wildman–Crippen MR) is 85.5 cm³/mol. The van der Waals surface area contributed by atoms with Gasteiger partial charge < -0.3 is 10.4 Å². The summed E-state index contributed by atoms with van der Waals surface area (Å²) < 4.78 is 77.3. The van der Waals surface area contributed by atoms with Gasteiger partial charge in [0.15, 0.2) is 0 Å². The Hall–Kier alpha value is -3.04. The van der Waals surface area contributed by atoms with Crippen LogP contribution in [0.4, 0.5) is 26.3 Å². The maximum absolute atomic E-state index is 13.0. The summed E-state index contributed by atoms with van der Waals surface area (Å²) in [5, 5.41) is 11.2. The van der Waals surface area contributed by atoms with Gasteiger partial charge in [-0.1, -0.05) is 24.3 Å². The van der Waals surface area contributed by atoms with Crippen LogP contribution in [0.15, 0.2) is 48.5 Å². The van der Waals surface area contributed by atoms with Crippen molar-refractivity contribution < 1.29 is 41.0 Å². The number of halogens is 6. The van der Waals surface area contributed by atoms with Crippen molar-refractivity contribution >= 4 is 11.9 Å². The summed E-state index contributed by atoms with van der Waals surface area (Å²) in [7, 11) is 0. The van der Waals surface area contributed by atoms with Gasteiger partial charge in [0, 0.05) is 12.0 Å². The standard InChI is InChI=1S/C18H13F6NO3/c19-17(20,21)12-6-3-5-11(8-12)15(26)25-14(16(27)28)9-10-4-1-2-7-13(10)18(22,23)24/h1-8,14H,9H2,(H,25,26)(H,27,28)/t14-/m0/s1. The molecule has 1 atom stereocenters. The number of alkyl halides is 6. The summed E-state index contributed by atoms with van der Waals surface area (Å²) in [5.41, 5.74) is -3.01. The van der Waals surface area contributed by atoms with Crippen LogP contribution in [0.2, 0.25) is 0 Å². The maximum atomic E-state index is 13.0. The lowest BCUT2D eigenvalue weighted by atomic mass is 9.99. The molecule has 150 valence electrons. The van der Waals surface area contributed by atoms with E-state index >= 15 is 0 Å². The third-order valence-corrected chi connectivity index (χ3v) is 3.80. The number of aliphatic carboxylic acids is 1. The van der Waals surface area contributed by atoms with E-state index in [9.17, 15) is 41.0 Å². The van der Waals surface area contributed by atoms with E-state index in [4.69, 9.17) is 0 Å². The van der Waals surface area contributed by atoms with Crippen LogP contribution in [0.25, 0.3) is 0 Å². The number of hydrogen-bond donors (Lipinski definition) is 2. The zero-order valence-corrected chi connectivity index (χ0v) is 13.9. The van der Waals surface area contributed by atoms with Crippen LogP contribution in [0.5, 0.6) is 0 Å². The molecular weight excluding hydrogens is 392 g/mol. The summed E-state index contributed by atoms with van der Waals surface area (Å²) in [4.78, 5) is 23.5. The van der Waals surface area contributed by atoms with Gasteiger partial charge in [-0.3, -0.25) is 4.79 Å². The first-order valence-corrected chi connectivity index (χ1v) is 7.75. The molecule has 0 radical (unpaired) electrons. The molecule has 0 aliphatic carbocycles. The molecule has 2 N–H and O–H groups in total. The summed E-state index contributed by atoms with van der Waals surface area (Å²) in [6.45, 7) is 0. The fourth-order valence-corrected chi connectivity index (χ4v) is 2.47. The first kappa shape index (κ1) is 21.3. The minimum absolute atomic E-state index is 0.369. The van der Waals surface area contributed by atoms with Crippen molar-refractivity contribution in [3.05, 3.63) is 70.8 Å². The number of carbonyl (C=O) groups is 2. The van der Waals surface area contributed by atoms with Crippen molar-refractivity contribution in [1.82, 2.24) is 5.32 Å². The lowest BCUT2D eigenvalue weighted by Gasteiger charge is -2.18. The SMILES string of the molecule is O=C(N[C@@H](Cc1ccccc1C(F)(F)F)C(=O)O)c1cccc(C(F)(F)F)c1. The molecular formula is C18H13F6NO3. The van der Waals surface area contributed by atoms with Crippen LogP contribution in [0.3, 0.4) is 0 Å². The van der Waals surface area contributed by atoms with E-state index in [1.54, 1.807) is 0 Å². The lowest BCUT2D eigenvalue weighted by Crippen LogP contribution is -2.42. The minimum atomic E-state index is -4.73. The van der Waals surface area contributed by atoms with Gasteiger partial charge in [0.2, 0.25) is 0 Å². The summed E-state index contributed by atoms with van der Waals surface area (Å²) >= 11 is 0. The Kier molecular flexibility index (Phi) is 6.01. The maximum Gasteiger partial charge on any atom is 0.416 e. The smallest absolute Gasteiger partial charge is 0.416 e. The van der Waals surface area contributed by atoms with Gasteiger partial charge in [0.05, 0.1) is 11.1 Å². The second-order valence-corrected chi connectivity index (χ2v) is 5.80. The number of hydrogen-bond acceptors (Lipinski definition) is 2. The summed E-state index contributed by atoms with van der Waals surface area (Å²) in [6.07, 6.45) is -10.1. The molecule has 0 spiro atoms. The van der Waals surface area contributed by atoms with Crippen molar-refractivity contribution in [3.8, 4) is 0 Å². The molecule has 2 rings (SSSR count). The zero-order chi connectivity index (χ0) is 21.1. The Bertz CT molecular complexity index is 876. The van der Waals surface area contributed by atoms with Crippen LogP contribution >= 0.6 is 0 Å². The van der Waals surface area contributed by atoms with Gasteiger partial charge in [-0.15, -0.1) is 0 Å². The molecule has 0 saturated carbocycles. The first-order valence-electron chi connectivity index (χ1n) is 7.75. The third kappa shape index (κ3) is 5.24. The Balaban J connectivity index is 2.26. The second-order valence-electron chi connectivity index (χ2n) is 5.80. The molecule has 0 bridgehead atoms. The average Bonchev–Trinajstić information content (AvgIpc) is 2.60. The highest BCUT2D eigenvalue weighted by Gasteiger charge is 2.35. The number of carboxylic acid groups (broad SMARTS) is 1. The average molecular weight is 405 g/mol. The number of nitrogens with one attached hydrogen (secondary N) is 1. The molecule has 2 aromatic rings. The highest BCUT2D eigenvalue weighted by molar-refractivity contribution is 5.96. The Morgan fingerprint density at radius 3 is 2.14 bits per heavy atom. The normalized spacial score (nSPS) is 13.1. The topological polar surface area (TPSA) is 66.4 Å². The Morgan fingerprint density at radius 1 is 0.929 bits per heavy atom. The molecule has 1 amide bonds.